The lowest BCUT2D eigenvalue weighted by molar-refractivity contribution is 0.264. The van der Waals surface area contributed by atoms with E-state index in [1.807, 2.05) is 0 Å². The van der Waals surface area contributed by atoms with Gasteiger partial charge in [0.15, 0.2) is 0 Å². The fraction of sp³-hybridized carbons (Fsp3) is 1.00. The van der Waals surface area contributed by atoms with E-state index in [0.29, 0.717) is 0 Å². The Morgan fingerprint density at radius 2 is 1.67 bits per heavy atom. The van der Waals surface area contributed by atoms with Crippen LogP contribution in [0.25, 0.3) is 0 Å². The molecule has 1 nitrogen and oxygen atoms in total. The van der Waals surface area contributed by atoms with Crippen molar-refractivity contribution in [3.8, 4) is 0 Å². The standard InChI is InChI=1S/C11H23N/c1-2-3-4-10-5-7-11(9-12)8-6-10/h10-11H,2-9,12H2,1H3/t10-,11-. The Bertz CT molecular complexity index is 104. The lowest BCUT2D eigenvalue weighted by Crippen LogP contribution is -2.21. The second-order valence-corrected chi connectivity index (χ2v) is 4.26. The molecular formula is C11H23N. The van der Waals surface area contributed by atoms with Gasteiger partial charge in [-0.05, 0) is 31.2 Å². The van der Waals surface area contributed by atoms with Gasteiger partial charge in [0.05, 0.1) is 0 Å². The van der Waals surface area contributed by atoms with E-state index < -0.39 is 0 Å². The molecule has 0 unspecified atom stereocenters. The SMILES string of the molecule is CCCC[C@H]1CC[C@H](CN)CC1. The molecule has 0 saturated heterocycles. The van der Waals surface area contributed by atoms with Crippen LogP contribution in [-0.2, 0) is 0 Å². The Balaban J connectivity index is 2.09. The quantitative estimate of drug-likeness (QED) is 0.688. The first-order valence-corrected chi connectivity index (χ1v) is 5.56. The number of hydrogen-bond donors (Lipinski definition) is 1. The van der Waals surface area contributed by atoms with Crippen LogP contribution in [0.4, 0.5) is 0 Å². The van der Waals surface area contributed by atoms with Crippen LogP contribution in [0.1, 0.15) is 51.9 Å². The van der Waals surface area contributed by atoms with Crippen LogP contribution in [0.5, 0.6) is 0 Å². The molecule has 12 heavy (non-hydrogen) atoms. The summed E-state index contributed by atoms with van der Waals surface area (Å²) < 4.78 is 0. The molecule has 1 heteroatoms. The highest BCUT2D eigenvalue weighted by atomic mass is 14.5. The Labute approximate surface area is 76.7 Å². The molecule has 0 bridgehead atoms. The van der Waals surface area contributed by atoms with Crippen molar-refractivity contribution in [2.45, 2.75) is 51.9 Å². The maximum atomic E-state index is 5.65. The van der Waals surface area contributed by atoms with Gasteiger partial charge in [0.25, 0.3) is 0 Å². The van der Waals surface area contributed by atoms with Gasteiger partial charge >= 0.3 is 0 Å². The first-order chi connectivity index (χ1) is 5.86. The first kappa shape index (κ1) is 10.0. The smallest absolute Gasteiger partial charge is 0.00489 e. The molecule has 1 aliphatic carbocycles. The normalized spacial score (nSPS) is 30.5. The van der Waals surface area contributed by atoms with Crippen molar-refractivity contribution in [1.29, 1.82) is 0 Å². The summed E-state index contributed by atoms with van der Waals surface area (Å²) in [7, 11) is 0. The fourth-order valence-electron chi connectivity index (χ4n) is 2.25. The average molecular weight is 169 g/mol. The van der Waals surface area contributed by atoms with Crippen LogP contribution in [0.15, 0.2) is 0 Å². The second-order valence-electron chi connectivity index (χ2n) is 4.26. The van der Waals surface area contributed by atoms with Gasteiger partial charge in [-0.3, -0.25) is 0 Å². The van der Waals surface area contributed by atoms with E-state index in [-0.39, 0.29) is 0 Å². The summed E-state index contributed by atoms with van der Waals surface area (Å²) in [4.78, 5) is 0. The molecule has 0 heterocycles. The van der Waals surface area contributed by atoms with Crippen molar-refractivity contribution < 1.29 is 0 Å². The zero-order valence-electron chi connectivity index (χ0n) is 8.39. The zero-order chi connectivity index (χ0) is 8.81. The topological polar surface area (TPSA) is 26.0 Å². The van der Waals surface area contributed by atoms with Gasteiger partial charge in [-0.2, -0.15) is 0 Å². The lowest BCUT2D eigenvalue weighted by Gasteiger charge is -2.27. The van der Waals surface area contributed by atoms with E-state index in [0.717, 1.165) is 18.4 Å². The summed E-state index contributed by atoms with van der Waals surface area (Å²) in [6.45, 7) is 3.20. The summed E-state index contributed by atoms with van der Waals surface area (Å²) in [5, 5.41) is 0. The molecule has 0 atom stereocenters. The van der Waals surface area contributed by atoms with Gasteiger partial charge in [0, 0.05) is 0 Å². The van der Waals surface area contributed by atoms with E-state index in [9.17, 15) is 0 Å². The second kappa shape index (κ2) is 5.58. The van der Waals surface area contributed by atoms with Gasteiger partial charge < -0.3 is 5.73 Å². The Morgan fingerprint density at radius 1 is 1.08 bits per heavy atom. The van der Waals surface area contributed by atoms with Crippen LogP contribution >= 0.6 is 0 Å². The summed E-state index contributed by atoms with van der Waals surface area (Å²) in [5.41, 5.74) is 5.65. The molecule has 1 saturated carbocycles. The van der Waals surface area contributed by atoms with Crippen LogP contribution in [0.2, 0.25) is 0 Å². The van der Waals surface area contributed by atoms with E-state index >= 15 is 0 Å². The van der Waals surface area contributed by atoms with Crippen molar-refractivity contribution in [3.63, 3.8) is 0 Å². The minimum absolute atomic E-state index is 0.850. The van der Waals surface area contributed by atoms with Crippen molar-refractivity contribution in [2.75, 3.05) is 6.54 Å². The molecule has 0 aromatic heterocycles. The predicted octanol–water partition coefficient (Wildman–Crippen LogP) is 2.94. The third kappa shape index (κ3) is 3.14. The third-order valence-electron chi connectivity index (χ3n) is 3.27. The fourth-order valence-corrected chi connectivity index (χ4v) is 2.25. The average Bonchev–Trinajstić information content (AvgIpc) is 2.15. The summed E-state index contributed by atoms with van der Waals surface area (Å²) in [6.07, 6.45) is 9.93. The molecule has 1 aliphatic rings. The first-order valence-electron chi connectivity index (χ1n) is 5.56. The predicted molar refractivity (Wildman–Crippen MR) is 54.0 cm³/mol. The van der Waals surface area contributed by atoms with Crippen LogP contribution in [-0.4, -0.2) is 6.54 Å². The minimum atomic E-state index is 0.850. The third-order valence-corrected chi connectivity index (χ3v) is 3.27. The minimum Gasteiger partial charge on any atom is -0.330 e. The molecule has 1 rings (SSSR count). The number of nitrogens with two attached hydrogens (primary N) is 1. The largest absolute Gasteiger partial charge is 0.330 e. The van der Waals surface area contributed by atoms with E-state index in [1.165, 1.54) is 44.9 Å². The van der Waals surface area contributed by atoms with Gasteiger partial charge in [-0.25, -0.2) is 0 Å². The molecule has 0 aromatic carbocycles. The van der Waals surface area contributed by atoms with E-state index in [4.69, 9.17) is 5.73 Å². The molecule has 0 spiro atoms. The molecular weight excluding hydrogens is 146 g/mol. The van der Waals surface area contributed by atoms with Crippen LogP contribution < -0.4 is 5.73 Å². The van der Waals surface area contributed by atoms with Gasteiger partial charge in [0.2, 0.25) is 0 Å². The van der Waals surface area contributed by atoms with Gasteiger partial charge in [-0.15, -0.1) is 0 Å². The van der Waals surface area contributed by atoms with Crippen molar-refractivity contribution in [3.05, 3.63) is 0 Å². The number of unbranched alkanes of at least 4 members (excludes halogenated alkanes) is 1. The van der Waals surface area contributed by atoms with Crippen molar-refractivity contribution >= 4 is 0 Å². The highest BCUT2D eigenvalue weighted by molar-refractivity contribution is 4.72. The molecule has 1 fully saturated rings. The molecule has 0 radical (unpaired) electrons. The number of rotatable bonds is 4. The van der Waals surface area contributed by atoms with Crippen molar-refractivity contribution in [1.82, 2.24) is 0 Å². The molecule has 72 valence electrons. The van der Waals surface area contributed by atoms with Gasteiger partial charge in [-0.1, -0.05) is 39.0 Å². The summed E-state index contributed by atoms with van der Waals surface area (Å²) in [5.74, 6) is 1.88. The number of hydrogen-bond acceptors (Lipinski definition) is 1. The lowest BCUT2D eigenvalue weighted by atomic mass is 9.80. The highest BCUT2D eigenvalue weighted by Gasteiger charge is 2.19. The monoisotopic (exact) mass is 169 g/mol. The Hall–Kier alpha value is -0.0400. The summed E-state index contributed by atoms with van der Waals surface area (Å²) in [6, 6.07) is 0. The Kier molecular flexibility index (Phi) is 4.67. The maximum absolute atomic E-state index is 5.65. The zero-order valence-corrected chi connectivity index (χ0v) is 8.39. The molecule has 0 amide bonds. The van der Waals surface area contributed by atoms with Crippen LogP contribution in [0, 0.1) is 11.8 Å². The summed E-state index contributed by atoms with van der Waals surface area (Å²) >= 11 is 0. The molecule has 2 N–H and O–H groups in total. The molecule has 0 aliphatic heterocycles. The van der Waals surface area contributed by atoms with E-state index in [1.54, 1.807) is 0 Å². The highest BCUT2D eigenvalue weighted by Crippen LogP contribution is 2.31. The maximum Gasteiger partial charge on any atom is -0.00489 e. The van der Waals surface area contributed by atoms with E-state index in [2.05, 4.69) is 6.92 Å². The Morgan fingerprint density at radius 3 is 2.17 bits per heavy atom. The molecule has 0 aromatic rings. The van der Waals surface area contributed by atoms with Crippen LogP contribution in [0.3, 0.4) is 0 Å². The van der Waals surface area contributed by atoms with Gasteiger partial charge in [0.1, 0.15) is 0 Å². The van der Waals surface area contributed by atoms with Crippen molar-refractivity contribution in [2.24, 2.45) is 17.6 Å².